The van der Waals surface area contributed by atoms with Gasteiger partial charge in [0.2, 0.25) is 0 Å². The van der Waals surface area contributed by atoms with Crippen LogP contribution in [-0.2, 0) is 30.5 Å². The van der Waals surface area contributed by atoms with Crippen molar-refractivity contribution in [3.8, 4) is 11.8 Å². The fraction of sp³-hybridized carbons (Fsp3) is 0.481. The molecule has 0 aromatic heterocycles. The number of carbonyl (C=O) groups is 1. The first-order valence-corrected chi connectivity index (χ1v) is 11.7. The van der Waals surface area contributed by atoms with E-state index in [-0.39, 0.29) is 13.0 Å². The first-order valence-electron chi connectivity index (χ1n) is 11.7. The Hall–Kier alpha value is -2.88. The number of hydrogen-bond donors (Lipinski definition) is 2. The van der Waals surface area contributed by atoms with Crippen molar-refractivity contribution in [1.29, 1.82) is 5.26 Å². The molecular weight excluding hydrogens is 416 g/mol. The lowest BCUT2D eigenvalue weighted by molar-refractivity contribution is -0.893. The van der Waals surface area contributed by atoms with Crippen LogP contribution in [0.1, 0.15) is 47.1 Å². The number of aliphatic hydroxyl groups excluding tert-OH is 1. The average Bonchev–Trinajstić information content (AvgIpc) is 2.80. The molecule has 0 saturated carbocycles. The Balaban J connectivity index is 1.49. The van der Waals surface area contributed by atoms with Crippen molar-refractivity contribution < 1.29 is 24.2 Å². The Morgan fingerprint density at radius 2 is 1.79 bits per heavy atom. The summed E-state index contributed by atoms with van der Waals surface area (Å²) in [6, 6.07) is 14.1. The summed E-state index contributed by atoms with van der Waals surface area (Å²) in [5.41, 5.74) is 5.49. The maximum atomic E-state index is 10.8. The van der Waals surface area contributed by atoms with Gasteiger partial charge in [0.1, 0.15) is 31.1 Å². The predicted molar refractivity (Wildman–Crippen MR) is 127 cm³/mol. The molecule has 3 rings (SSSR count). The van der Waals surface area contributed by atoms with Gasteiger partial charge in [0.25, 0.3) is 0 Å². The third kappa shape index (κ3) is 7.59. The number of aryl methyl sites for hydroxylation is 3. The van der Waals surface area contributed by atoms with E-state index in [1.165, 1.54) is 42.4 Å². The third-order valence-corrected chi connectivity index (χ3v) is 6.35. The second kappa shape index (κ2) is 11.3. The SMILES string of the molecule is C[N+](C)(CCc1ccc2c(c1)CCCC2)C[C@@H](O)COc1ccc(CCC(=O)O)cc1C#N. The van der Waals surface area contributed by atoms with Crippen molar-refractivity contribution >= 4 is 5.97 Å². The van der Waals surface area contributed by atoms with Gasteiger partial charge in [0.15, 0.2) is 0 Å². The van der Waals surface area contributed by atoms with Gasteiger partial charge in [-0.2, -0.15) is 5.26 Å². The third-order valence-electron chi connectivity index (χ3n) is 6.35. The molecule has 2 aromatic rings. The number of carboxylic acid groups (broad SMARTS) is 1. The molecule has 2 aromatic carbocycles. The molecule has 0 fully saturated rings. The van der Waals surface area contributed by atoms with Crippen LogP contribution in [0.15, 0.2) is 36.4 Å². The highest BCUT2D eigenvalue weighted by Gasteiger charge is 2.22. The number of fused-ring (bicyclic) bond motifs is 1. The number of hydrogen-bond acceptors (Lipinski definition) is 4. The van der Waals surface area contributed by atoms with Gasteiger partial charge in [-0.15, -0.1) is 0 Å². The molecule has 176 valence electrons. The van der Waals surface area contributed by atoms with Crippen LogP contribution in [0.2, 0.25) is 0 Å². The van der Waals surface area contributed by atoms with E-state index in [9.17, 15) is 15.2 Å². The molecule has 0 saturated heterocycles. The van der Waals surface area contributed by atoms with Crippen molar-refractivity contribution in [2.24, 2.45) is 0 Å². The molecule has 0 heterocycles. The first-order chi connectivity index (χ1) is 15.8. The Labute approximate surface area is 196 Å². The van der Waals surface area contributed by atoms with Crippen molar-refractivity contribution in [3.05, 3.63) is 64.2 Å². The van der Waals surface area contributed by atoms with E-state index in [2.05, 4.69) is 38.4 Å². The van der Waals surface area contributed by atoms with Crippen molar-refractivity contribution in [2.75, 3.05) is 33.8 Å². The molecular formula is C27H35N2O4+. The Morgan fingerprint density at radius 3 is 2.52 bits per heavy atom. The Morgan fingerprint density at radius 1 is 1.09 bits per heavy atom. The zero-order valence-corrected chi connectivity index (χ0v) is 19.7. The van der Waals surface area contributed by atoms with Crippen molar-refractivity contribution in [1.82, 2.24) is 0 Å². The summed E-state index contributed by atoms with van der Waals surface area (Å²) < 4.78 is 6.41. The summed E-state index contributed by atoms with van der Waals surface area (Å²) in [7, 11) is 4.22. The monoisotopic (exact) mass is 451 g/mol. The summed E-state index contributed by atoms with van der Waals surface area (Å²) in [6.07, 6.45) is 5.63. The second-order valence-electron chi connectivity index (χ2n) is 9.70. The molecule has 0 bridgehead atoms. The van der Waals surface area contributed by atoms with Crippen molar-refractivity contribution in [2.45, 2.75) is 51.0 Å². The van der Waals surface area contributed by atoms with Gasteiger partial charge in [0.05, 0.1) is 26.2 Å². The molecule has 6 nitrogen and oxygen atoms in total. The molecule has 0 unspecified atom stereocenters. The second-order valence-corrected chi connectivity index (χ2v) is 9.70. The average molecular weight is 452 g/mol. The van der Waals surface area contributed by atoms with Crippen LogP contribution in [0.4, 0.5) is 0 Å². The fourth-order valence-corrected chi connectivity index (χ4v) is 4.47. The minimum atomic E-state index is -0.871. The summed E-state index contributed by atoms with van der Waals surface area (Å²) in [6.45, 7) is 1.56. The molecule has 1 aliphatic rings. The van der Waals surface area contributed by atoms with Crippen LogP contribution in [0.5, 0.6) is 5.75 Å². The number of rotatable bonds is 11. The minimum absolute atomic E-state index is 0.0161. The largest absolute Gasteiger partial charge is 0.489 e. The maximum absolute atomic E-state index is 10.8. The van der Waals surface area contributed by atoms with E-state index >= 15 is 0 Å². The van der Waals surface area contributed by atoms with Gasteiger partial charge in [-0.05, 0) is 66.5 Å². The summed E-state index contributed by atoms with van der Waals surface area (Å²) in [5, 5.41) is 28.8. The van der Waals surface area contributed by atoms with Crippen LogP contribution >= 0.6 is 0 Å². The standard InChI is InChI=1S/C27H34N2O4/c1-29(2,14-13-21-7-10-22-5-3-4-6-23(22)15-21)18-25(30)19-33-26-11-8-20(9-12-27(31)32)16-24(26)17-28/h7-8,10-11,15-16,25,30H,3-6,9,12-14,18-19H2,1-2H3/p+1/t25-/m1/s1. The lowest BCUT2D eigenvalue weighted by atomic mass is 9.90. The highest BCUT2D eigenvalue weighted by molar-refractivity contribution is 5.67. The molecule has 6 heteroatoms. The van der Waals surface area contributed by atoms with E-state index in [0.717, 1.165) is 18.5 Å². The predicted octanol–water partition coefficient (Wildman–Crippen LogP) is 3.51. The number of ether oxygens (including phenoxy) is 1. The van der Waals surface area contributed by atoms with Gasteiger partial charge in [-0.3, -0.25) is 4.79 Å². The quantitative estimate of drug-likeness (QED) is 0.510. The van der Waals surface area contributed by atoms with E-state index in [0.29, 0.717) is 28.8 Å². The number of aliphatic carboxylic acids is 1. The molecule has 1 aliphatic carbocycles. The fourth-order valence-electron chi connectivity index (χ4n) is 4.47. The molecule has 0 radical (unpaired) electrons. The van der Waals surface area contributed by atoms with Crippen LogP contribution in [0, 0.1) is 11.3 Å². The lowest BCUT2D eigenvalue weighted by Gasteiger charge is -2.32. The number of benzene rings is 2. The highest BCUT2D eigenvalue weighted by Crippen LogP contribution is 2.23. The summed E-state index contributed by atoms with van der Waals surface area (Å²) in [5.74, 6) is -0.459. The number of nitrogens with zero attached hydrogens (tertiary/aromatic N) is 2. The Kier molecular flexibility index (Phi) is 8.49. The van der Waals surface area contributed by atoms with E-state index in [1.807, 2.05) is 0 Å². The summed E-state index contributed by atoms with van der Waals surface area (Å²) >= 11 is 0. The number of carboxylic acids is 1. The van der Waals surface area contributed by atoms with Crippen LogP contribution < -0.4 is 4.74 Å². The molecule has 0 aliphatic heterocycles. The number of aliphatic hydroxyl groups is 1. The number of likely N-dealkylation sites (N-methyl/N-ethyl adjacent to an activating group) is 1. The van der Waals surface area contributed by atoms with Crippen LogP contribution in [0.25, 0.3) is 0 Å². The zero-order valence-electron chi connectivity index (χ0n) is 19.7. The van der Waals surface area contributed by atoms with Crippen molar-refractivity contribution in [3.63, 3.8) is 0 Å². The zero-order chi connectivity index (χ0) is 23.8. The number of nitriles is 1. The summed E-state index contributed by atoms with van der Waals surface area (Å²) in [4.78, 5) is 10.8. The van der Waals surface area contributed by atoms with E-state index in [1.54, 1.807) is 18.2 Å². The van der Waals surface area contributed by atoms with Crippen LogP contribution in [0.3, 0.4) is 0 Å². The minimum Gasteiger partial charge on any atom is -0.489 e. The first kappa shape index (κ1) is 24.8. The topological polar surface area (TPSA) is 90.6 Å². The molecule has 33 heavy (non-hydrogen) atoms. The van der Waals surface area contributed by atoms with Gasteiger partial charge >= 0.3 is 5.97 Å². The van der Waals surface area contributed by atoms with E-state index < -0.39 is 12.1 Å². The molecule has 0 amide bonds. The van der Waals surface area contributed by atoms with Gasteiger partial charge in [-0.25, -0.2) is 0 Å². The molecule has 0 spiro atoms. The normalized spacial score (nSPS) is 14.2. The van der Waals surface area contributed by atoms with E-state index in [4.69, 9.17) is 9.84 Å². The molecule has 2 N–H and O–H groups in total. The van der Waals surface area contributed by atoms with Gasteiger partial charge in [0, 0.05) is 12.8 Å². The number of quaternary nitrogens is 1. The molecule has 1 atom stereocenters. The Bertz CT molecular complexity index is 1010. The van der Waals surface area contributed by atoms with Gasteiger partial charge < -0.3 is 19.4 Å². The lowest BCUT2D eigenvalue weighted by Crippen LogP contribution is -2.48. The van der Waals surface area contributed by atoms with Gasteiger partial charge in [-0.1, -0.05) is 24.3 Å². The van der Waals surface area contributed by atoms with Crippen LogP contribution in [-0.4, -0.2) is 60.6 Å². The highest BCUT2D eigenvalue weighted by atomic mass is 16.5. The maximum Gasteiger partial charge on any atom is 0.303 e. The smallest absolute Gasteiger partial charge is 0.303 e.